The summed E-state index contributed by atoms with van der Waals surface area (Å²) in [4.78, 5) is 20.4. The minimum absolute atomic E-state index is 0.284. The third kappa shape index (κ3) is 2.97. The predicted octanol–water partition coefficient (Wildman–Crippen LogP) is 1.73. The van der Waals surface area contributed by atoms with Crippen LogP contribution < -0.4 is 4.90 Å². The Bertz CT molecular complexity index is 1360. The van der Waals surface area contributed by atoms with Crippen molar-refractivity contribution in [3.63, 3.8) is 0 Å². The van der Waals surface area contributed by atoms with Crippen LogP contribution in [0.4, 0.5) is 5.13 Å². The van der Waals surface area contributed by atoms with Crippen molar-refractivity contribution in [1.29, 1.82) is 0 Å². The molecule has 1 aliphatic heterocycles. The van der Waals surface area contributed by atoms with Gasteiger partial charge in [0, 0.05) is 17.8 Å². The lowest BCUT2D eigenvalue weighted by Gasteiger charge is -2.34. The van der Waals surface area contributed by atoms with Gasteiger partial charge in [0.1, 0.15) is 23.4 Å². The van der Waals surface area contributed by atoms with Crippen LogP contribution in [0.1, 0.15) is 29.3 Å². The van der Waals surface area contributed by atoms with Gasteiger partial charge >= 0.3 is 0 Å². The van der Waals surface area contributed by atoms with Gasteiger partial charge in [-0.2, -0.15) is 20.6 Å². The summed E-state index contributed by atoms with van der Waals surface area (Å²) in [6.45, 7) is 0. The summed E-state index contributed by atoms with van der Waals surface area (Å²) < 4.78 is 5.75. The van der Waals surface area contributed by atoms with E-state index in [-0.39, 0.29) is 5.82 Å². The summed E-state index contributed by atoms with van der Waals surface area (Å²) in [6.07, 6.45) is 7.47. The van der Waals surface area contributed by atoms with Crippen molar-refractivity contribution in [3.05, 3.63) is 77.7 Å². The Hall–Kier alpha value is -4.59. The van der Waals surface area contributed by atoms with E-state index in [1.54, 1.807) is 24.8 Å². The maximum atomic E-state index is 5.75. The number of aliphatic imine (C=N–C) groups is 1. The number of nitrogens with one attached hydrogen (secondary N) is 2. The molecule has 0 spiro atoms. The van der Waals surface area contributed by atoms with Gasteiger partial charge in [-0.05, 0) is 17.3 Å². The quantitative estimate of drug-likeness (QED) is 0.408. The summed E-state index contributed by atoms with van der Waals surface area (Å²) >= 11 is 1.45. The first-order valence-corrected chi connectivity index (χ1v) is 10.2. The zero-order chi connectivity index (χ0) is 21.3. The number of H-pyrrole nitrogens is 2. The fraction of sp³-hybridized carbons (Fsp3) is 0.0556. The summed E-state index contributed by atoms with van der Waals surface area (Å²) in [7, 11) is 0. The highest BCUT2D eigenvalue weighted by atomic mass is 32.1. The molecule has 6 heterocycles. The van der Waals surface area contributed by atoms with E-state index in [2.05, 4.69) is 51.0 Å². The van der Waals surface area contributed by atoms with Gasteiger partial charge in [-0.25, -0.2) is 15.0 Å². The molecule has 13 nitrogen and oxygen atoms in total. The van der Waals surface area contributed by atoms with Crippen molar-refractivity contribution in [2.24, 2.45) is 4.99 Å². The fourth-order valence-corrected chi connectivity index (χ4v) is 4.08. The molecule has 32 heavy (non-hydrogen) atoms. The average Bonchev–Trinajstić information content (AvgIpc) is 3.67. The zero-order valence-corrected chi connectivity index (χ0v) is 16.9. The van der Waals surface area contributed by atoms with Gasteiger partial charge in [-0.15, -0.1) is 21.5 Å². The summed E-state index contributed by atoms with van der Waals surface area (Å²) in [6, 6.07) is 5.63. The van der Waals surface area contributed by atoms with Crippen LogP contribution >= 0.6 is 11.3 Å². The van der Waals surface area contributed by atoms with E-state index in [9.17, 15) is 0 Å². The predicted molar refractivity (Wildman–Crippen MR) is 112 cm³/mol. The number of hydrogen-bond acceptors (Lipinski definition) is 12. The van der Waals surface area contributed by atoms with Crippen molar-refractivity contribution < 1.29 is 4.42 Å². The molecule has 0 saturated heterocycles. The van der Waals surface area contributed by atoms with Crippen molar-refractivity contribution in [2.75, 3.05) is 4.90 Å². The maximum absolute atomic E-state index is 5.75. The molecule has 0 amide bonds. The molecule has 0 fully saturated rings. The van der Waals surface area contributed by atoms with E-state index in [0.29, 0.717) is 39.4 Å². The Morgan fingerprint density at radius 2 is 2.03 bits per heavy atom. The Labute approximate surface area is 183 Å². The number of thiazole rings is 1. The lowest BCUT2D eigenvalue weighted by Crippen LogP contribution is -2.34. The van der Waals surface area contributed by atoms with Gasteiger partial charge in [-0.3, -0.25) is 9.88 Å². The fourth-order valence-electron chi connectivity index (χ4n) is 3.41. The van der Waals surface area contributed by atoms with Crippen molar-refractivity contribution in [2.45, 2.75) is 6.17 Å². The normalized spacial score (nSPS) is 16.4. The molecule has 156 valence electrons. The number of nitrogens with zero attached hydrogens (tertiary/aromatic N) is 10. The van der Waals surface area contributed by atoms with Crippen molar-refractivity contribution in [1.82, 2.24) is 51.0 Å². The van der Waals surface area contributed by atoms with E-state index < -0.39 is 6.17 Å². The second kappa shape index (κ2) is 7.59. The molecule has 1 atom stereocenters. The lowest BCUT2D eigenvalue weighted by molar-refractivity contribution is 0.535. The molecule has 0 aliphatic carbocycles. The largest absolute Gasteiger partial charge is 0.443 e. The van der Waals surface area contributed by atoms with Crippen LogP contribution in [0.3, 0.4) is 0 Å². The summed E-state index contributed by atoms with van der Waals surface area (Å²) in [5, 5.41) is 28.0. The SMILES string of the molecule is c1ccc(C2N=C(c3nn[nH]n3)C(c3cn[nH]n3)=C(c3ncco3)N2c2nccs2)nc1. The maximum Gasteiger partial charge on any atom is 0.243 e. The van der Waals surface area contributed by atoms with Gasteiger partial charge in [0.15, 0.2) is 11.3 Å². The number of pyridine rings is 1. The molecule has 1 aliphatic rings. The van der Waals surface area contributed by atoms with Crippen LogP contribution in [0.15, 0.2) is 64.0 Å². The number of oxazole rings is 1. The number of aromatic amines is 2. The van der Waals surface area contributed by atoms with E-state index in [1.807, 2.05) is 28.5 Å². The molecule has 1 unspecified atom stereocenters. The highest BCUT2D eigenvalue weighted by Crippen LogP contribution is 2.44. The lowest BCUT2D eigenvalue weighted by atomic mass is 9.99. The first-order chi connectivity index (χ1) is 15.9. The van der Waals surface area contributed by atoms with Gasteiger partial charge in [0.25, 0.3) is 0 Å². The molecule has 14 heteroatoms. The third-order valence-electron chi connectivity index (χ3n) is 4.65. The second-order valence-corrected chi connectivity index (χ2v) is 7.32. The van der Waals surface area contributed by atoms with Gasteiger partial charge in [0.05, 0.1) is 23.7 Å². The van der Waals surface area contributed by atoms with Crippen LogP contribution in [-0.2, 0) is 0 Å². The Morgan fingerprint density at radius 1 is 1.03 bits per heavy atom. The number of allylic oxidation sites excluding steroid dienone is 1. The first kappa shape index (κ1) is 18.2. The van der Waals surface area contributed by atoms with Crippen LogP contribution in [0, 0.1) is 0 Å². The summed E-state index contributed by atoms with van der Waals surface area (Å²) in [5.74, 6) is 0.627. The molecule has 0 radical (unpaired) electrons. The number of aromatic nitrogens is 10. The molecular weight excluding hydrogens is 432 g/mol. The van der Waals surface area contributed by atoms with Crippen LogP contribution in [0.5, 0.6) is 0 Å². The smallest absolute Gasteiger partial charge is 0.243 e. The van der Waals surface area contributed by atoms with E-state index in [0.717, 1.165) is 0 Å². The first-order valence-electron chi connectivity index (χ1n) is 9.32. The molecule has 6 rings (SSSR count). The molecule has 0 saturated carbocycles. The Kier molecular flexibility index (Phi) is 4.31. The van der Waals surface area contributed by atoms with Crippen molar-refractivity contribution in [3.8, 4) is 0 Å². The van der Waals surface area contributed by atoms with Crippen LogP contribution in [-0.4, -0.2) is 56.7 Å². The monoisotopic (exact) mass is 444 g/mol. The zero-order valence-electron chi connectivity index (χ0n) is 16.1. The number of tetrazole rings is 1. The standard InChI is InChI=1S/C18H12N12OS/c1-2-4-19-10(3-1)16-23-13(15-25-28-29-26-15)12(11-9-22-27-24-11)14(17-20-5-7-31-17)30(16)18-21-6-8-32-18/h1-9,16H,(H,22,24,27)(H,25,26,28,29). The van der Waals surface area contributed by atoms with Gasteiger partial charge in [0.2, 0.25) is 11.7 Å². The number of rotatable bonds is 5. The highest BCUT2D eigenvalue weighted by Gasteiger charge is 2.40. The number of hydrogen-bond donors (Lipinski definition) is 2. The minimum Gasteiger partial charge on any atom is -0.443 e. The van der Waals surface area contributed by atoms with Crippen molar-refractivity contribution >= 4 is 33.5 Å². The molecule has 0 aromatic carbocycles. The summed E-state index contributed by atoms with van der Waals surface area (Å²) in [5.41, 5.74) is 2.76. The topological polar surface area (TPSA) is 163 Å². The van der Waals surface area contributed by atoms with Crippen LogP contribution in [0.2, 0.25) is 0 Å². The Balaban J connectivity index is 1.70. The molecule has 2 N–H and O–H groups in total. The third-order valence-corrected chi connectivity index (χ3v) is 5.42. The highest BCUT2D eigenvalue weighted by molar-refractivity contribution is 7.13. The second-order valence-electron chi connectivity index (χ2n) is 6.44. The molecule has 5 aromatic heterocycles. The molecular formula is C18H12N12OS. The van der Waals surface area contributed by atoms with E-state index >= 15 is 0 Å². The average molecular weight is 444 g/mol. The minimum atomic E-state index is -0.603. The molecule has 5 aromatic rings. The molecule has 0 bridgehead atoms. The Morgan fingerprint density at radius 3 is 2.72 bits per heavy atom. The van der Waals surface area contributed by atoms with E-state index in [1.165, 1.54) is 17.6 Å². The van der Waals surface area contributed by atoms with Crippen LogP contribution in [0.25, 0.3) is 11.3 Å². The van der Waals surface area contributed by atoms with E-state index in [4.69, 9.17) is 9.41 Å². The van der Waals surface area contributed by atoms with Gasteiger partial charge < -0.3 is 4.42 Å². The number of anilines is 1. The van der Waals surface area contributed by atoms with Gasteiger partial charge in [-0.1, -0.05) is 6.07 Å².